The second-order valence-electron chi connectivity index (χ2n) is 8.90. The minimum atomic E-state index is -4.05. The predicted octanol–water partition coefficient (Wildman–Crippen LogP) is 4.40. The van der Waals surface area contributed by atoms with Gasteiger partial charge in [0, 0.05) is 6.07 Å². The highest BCUT2D eigenvalue weighted by Crippen LogP contribution is 2.29. The molecule has 2 atom stereocenters. The molecule has 192 valence electrons. The van der Waals surface area contributed by atoms with Gasteiger partial charge in [0.1, 0.15) is 6.04 Å². The molecule has 1 amide bonds. The first kappa shape index (κ1) is 27.2. The van der Waals surface area contributed by atoms with Gasteiger partial charge < -0.3 is 14.8 Å². The summed E-state index contributed by atoms with van der Waals surface area (Å²) in [7, 11) is -1.14. The van der Waals surface area contributed by atoms with Crippen LogP contribution in [0.1, 0.15) is 40.8 Å². The van der Waals surface area contributed by atoms with Crippen LogP contribution in [0.25, 0.3) is 0 Å². The van der Waals surface area contributed by atoms with E-state index >= 15 is 0 Å². The average molecular weight is 511 g/mol. The molecular formula is C28H34N2O5S. The number of benzene rings is 3. The van der Waals surface area contributed by atoms with Crippen molar-refractivity contribution in [3.63, 3.8) is 0 Å². The molecule has 0 aliphatic heterocycles. The van der Waals surface area contributed by atoms with E-state index in [2.05, 4.69) is 22.2 Å². The molecule has 2 N–H and O–H groups in total. The van der Waals surface area contributed by atoms with Crippen molar-refractivity contribution in [1.29, 1.82) is 0 Å². The minimum absolute atomic E-state index is 0.0240. The van der Waals surface area contributed by atoms with Gasteiger partial charge in [-0.25, -0.2) is 8.42 Å². The van der Waals surface area contributed by atoms with Crippen LogP contribution < -0.4 is 19.5 Å². The first-order chi connectivity index (χ1) is 17.1. The molecule has 8 heteroatoms. The highest BCUT2D eigenvalue weighted by molar-refractivity contribution is 7.89. The standard InChI is InChI=1S/C28H34N2O5S/c1-18-14-20(3)24(15-19(18)2)21(4)29-28(31)25(16-22-10-8-7-9-11-22)30-36(32,33)23-12-13-26(34-5)27(17-23)35-6/h7-15,17,21,25,30H,16H2,1-6H3,(H,29,31)/t21-,25-/m0/s1. The molecule has 0 aliphatic carbocycles. The van der Waals surface area contributed by atoms with Crippen LogP contribution in [0.5, 0.6) is 11.5 Å². The summed E-state index contributed by atoms with van der Waals surface area (Å²) >= 11 is 0. The Morgan fingerprint density at radius 2 is 1.50 bits per heavy atom. The van der Waals surface area contributed by atoms with Gasteiger partial charge in [0.2, 0.25) is 15.9 Å². The largest absolute Gasteiger partial charge is 0.493 e. The maximum absolute atomic E-state index is 13.4. The van der Waals surface area contributed by atoms with E-state index in [9.17, 15) is 13.2 Å². The molecule has 0 saturated carbocycles. The van der Waals surface area contributed by atoms with E-state index in [4.69, 9.17) is 9.47 Å². The molecule has 3 aromatic carbocycles. The molecule has 0 heterocycles. The molecular weight excluding hydrogens is 476 g/mol. The molecule has 0 spiro atoms. The van der Waals surface area contributed by atoms with Gasteiger partial charge in [-0.1, -0.05) is 42.5 Å². The van der Waals surface area contributed by atoms with E-state index in [1.807, 2.05) is 58.0 Å². The van der Waals surface area contributed by atoms with Crippen molar-refractivity contribution < 1.29 is 22.7 Å². The van der Waals surface area contributed by atoms with Gasteiger partial charge in [0.05, 0.1) is 25.2 Å². The topological polar surface area (TPSA) is 93.7 Å². The van der Waals surface area contributed by atoms with Crippen molar-refractivity contribution >= 4 is 15.9 Å². The fourth-order valence-corrected chi connectivity index (χ4v) is 5.33. The number of nitrogens with one attached hydrogen (secondary N) is 2. The van der Waals surface area contributed by atoms with Gasteiger partial charge in [-0.05, 0) is 74.1 Å². The van der Waals surface area contributed by atoms with E-state index in [1.165, 1.54) is 38.0 Å². The quantitative estimate of drug-likeness (QED) is 0.422. The minimum Gasteiger partial charge on any atom is -0.493 e. The summed E-state index contributed by atoms with van der Waals surface area (Å²) in [6.07, 6.45) is 0.192. The molecule has 0 radical (unpaired) electrons. The number of carbonyl (C=O) groups excluding carboxylic acids is 1. The number of amides is 1. The van der Waals surface area contributed by atoms with Crippen LogP contribution in [-0.2, 0) is 21.2 Å². The normalized spacial score (nSPS) is 13.1. The van der Waals surface area contributed by atoms with Crippen LogP contribution in [-0.4, -0.2) is 34.6 Å². The Morgan fingerprint density at radius 1 is 0.861 bits per heavy atom. The zero-order valence-corrected chi connectivity index (χ0v) is 22.4. The fourth-order valence-electron chi connectivity index (χ4n) is 4.12. The molecule has 36 heavy (non-hydrogen) atoms. The van der Waals surface area contributed by atoms with Gasteiger partial charge >= 0.3 is 0 Å². The lowest BCUT2D eigenvalue weighted by Gasteiger charge is -2.23. The van der Waals surface area contributed by atoms with Gasteiger partial charge in [-0.3, -0.25) is 4.79 Å². The summed E-state index contributed by atoms with van der Waals surface area (Å²) in [4.78, 5) is 13.4. The van der Waals surface area contributed by atoms with Crippen molar-refractivity contribution in [3.8, 4) is 11.5 Å². The third kappa shape index (κ3) is 6.44. The number of hydrogen-bond acceptors (Lipinski definition) is 5. The Kier molecular flexibility index (Phi) is 8.76. The number of rotatable bonds is 10. The maximum Gasteiger partial charge on any atom is 0.241 e. The smallest absolute Gasteiger partial charge is 0.241 e. The Balaban J connectivity index is 1.90. The van der Waals surface area contributed by atoms with Gasteiger partial charge in [0.15, 0.2) is 11.5 Å². The van der Waals surface area contributed by atoms with Crippen LogP contribution in [0.3, 0.4) is 0 Å². The molecule has 7 nitrogen and oxygen atoms in total. The summed E-state index contributed by atoms with van der Waals surface area (Å²) < 4.78 is 39.7. The van der Waals surface area contributed by atoms with E-state index in [0.29, 0.717) is 5.75 Å². The highest BCUT2D eigenvalue weighted by atomic mass is 32.2. The molecule has 0 aromatic heterocycles. The van der Waals surface area contributed by atoms with Gasteiger partial charge in [0.25, 0.3) is 0 Å². The van der Waals surface area contributed by atoms with Crippen molar-refractivity contribution in [2.24, 2.45) is 0 Å². The van der Waals surface area contributed by atoms with Crippen molar-refractivity contribution in [2.75, 3.05) is 14.2 Å². The second kappa shape index (κ2) is 11.6. The van der Waals surface area contributed by atoms with Crippen LogP contribution in [0, 0.1) is 20.8 Å². The third-order valence-electron chi connectivity index (χ3n) is 6.27. The van der Waals surface area contributed by atoms with Crippen LogP contribution in [0.4, 0.5) is 0 Å². The SMILES string of the molecule is COc1ccc(S(=O)(=O)N[C@@H](Cc2ccccc2)C(=O)N[C@@H](C)c2cc(C)c(C)cc2C)cc1OC. The van der Waals surface area contributed by atoms with E-state index in [0.717, 1.165) is 22.3 Å². The van der Waals surface area contributed by atoms with Gasteiger partial charge in [-0.2, -0.15) is 4.72 Å². The molecule has 3 aromatic rings. The lowest BCUT2D eigenvalue weighted by molar-refractivity contribution is -0.123. The molecule has 3 rings (SSSR count). The molecule has 0 fully saturated rings. The Labute approximate surface area is 213 Å². The lowest BCUT2D eigenvalue weighted by atomic mass is 9.96. The summed E-state index contributed by atoms with van der Waals surface area (Å²) in [5, 5.41) is 3.01. The number of methoxy groups -OCH3 is 2. The zero-order valence-electron chi connectivity index (χ0n) is 21.6. The highest BCUT2D eigenvalue weighted by Gasteiger charge is 2.28. The summed E-state index contributed by atoms with van der Waals surface area (Å²) in [5.41, 5.74) is 5.21. The molecule has 0 saturated heterocycles. The maximum atomic E-state index is 13.4. The van der Waals surface area contributed by atoms with Crippen LogP contribution in [0.15, 0.2) is 65.6 Å². The Bertz CT molecular complexity index is 1320. The molecule has 0 aliphatic rings. The summed E-state index contributed by atoms with van der Waals surface area (Å²) in [5.74, 6) is 0.281. The first-order valence-corrected chi connectivity index (χ1v) is 13.2. The summed E-state index contributed by atoms with van der Waals surface area (Å²) in [6.45, 7) is 7.99. The zero-order chi connectivity index (χ0) is 26.5. The van der Waals surface area contributed by atoms with Crippen molar-refractivity contribution in [3.05, 3.63) is 88.5 Å². The van der Waals surface area contributed by atoms with E-state index in [-0.39, 0.29) is 23.1 Å². The number of carbonyl (C=O) groups is 1. The van der Waals surface area contributed by atoms with Gasteiger partial charge in [-0.15, -0.1) is 0 Å². The van der Waals surface area contributed by atoms with E-state index in [1.54, 1.807) is 0 Å². The molecule has 0 bridgehead atoms. The van der Waals surface area contributed by atoms with E-state index < -0.39 is 22.0 Å². The number of hydrogen-bond donors (Lipinski definition) is 2. The van der Waals surface area contributed by atoms with Crippen molar-refractivity contribution in [1.82, 2.24) is 10.0 Å². The second-order valence-corrected chi connectivity index (χ2v) is 10.6. The molecule has 0 unspecified atom stereocenters. The first-order valence-electron chi connectivity index (χ1n) is 11.7. The fraction of sp³-hybridized carbons (Fsp3) is 0.321. The Hall–Kier alpha value is -3.36. The summed E-state index contributed by atoms with van der Waals surface area (Å²) in [6, 6.07) is 16.4. The number of aryl methyl sites for hydroxylation is 3. The Morgan fingerprint density at radius 3 is 2.14 bits per heavy atom. The van der Waals surface area contributed by atoms with Crippen molar-refractivity contribution in [2.45, 2.75) is 51.1 Å². The van der Waals surface area contributed by atoms with Crippen LogP contribution >= 0.6 is 0 Å². The third-order valence-corrected chi connectivity index (χ3v) is 7.74. The van der Waals surface area contributed by atoms with Crippen LogP contribution in [0.2, 0.25) is 0 Å². The predicted molar refractivity (Wildman–Crippen MR) is 141 cm³/mol. The average Bonchev–Trinajstić information content (AvgIpc) is 2.85. The monoisotopic (exact) mass is 510 g/mol. The number of sulfonamides is 1. The lowest BCUT2D eigenvalue weighted by Crippen LogP contribution is -2.48. The number of ether oxygens (including phenoxy) is 2.